The van der Waals surface area contributed by atoms with Gasteiger partial charge < -0.3 is 26.7 Å². The van der Waals surface area contributed by atoms with Crippen LogP contribution in [0.1, 0.15) is 16.2 Å². The first-order valence-electron chi connectivity index (χ1n) is 11.6. The first-order valence-corrected chi connectivity index (χ1v) is 13.5. The average molecular weight is 585 g/mol. The summed E-state index contributed by atoms with van der Waals surface area (Å²) < 4.78 is 1.75. The van der Waals surface area contributed by atoms with Crippen molar-refractivity contribution >= 4 is 57.6 Å². The van der Waals surface area contributed by atoms with Gasteiger partial charge in [0.15, 0.2) is 29.8 Å². The number of aromatic amines is 1. The third-order valence-electron chi connectivity index (χ3n) is 6.07. The molecule has 17 heteroatoms. The Hall–Kier alpha value is -4.77. The van der Waals surface area contributed by atoms with E-state index in [1.165, 1.54) is 35.2 Å². The van der Waals surface area contributed by atoms with Gasteiger partial charge >= 0.3 is 5.97 Å². The standard InChI is InChI=1S/C23H21N9O6S2/c1-38-30-15(14-9-40-23(25)26-14)19(34)27-16-20(35)32-17(22(36)37)11(8-39-21(16)32)7-31-4-2-3-10(6-31)12-5-13(18(24)33)29-28-12/h2-6,9,16,21H,7-8H2,1H3,(H6-,24,25,26,27,28,29,33,34,36,37)/p+1/b30-15+/t16-,21-/m1/s1. The third kappa shape index (κ3) is 4.98. The molecule has 0 spiro atoms. The van der Waals surface area contributed by atoms with Crippen molar-refractivity contribution in [2.45, 2.75) is 18.0 Å². The number of hydrogen-bond acceptors (Lipinski definition) is 11. The van der Waals surface area contributed by atoms with Crippen LogP contribution >= 0.6 is 23.1 Å². The molecule has 5 heterocycles. The lowest BCUT2D eigenvalue weighted by atomic mass is 10.0. The number of nitrogens with two attached hydrogens (primary N) is 2. The molecule has 2 aliphatic rings. The molecule has 3 amide bonds. The number of β-lactam (4-membered cyclic amide) rings is 1. The van der Waals surface area contributed by atoms with Crippen LogP contribution in [0.2, 0.25) is 0 Å². The number of oxime groups is 1. The Morgan fingerprint density at radius 1 is 1.40 bits per heavy atom. The minimum atomic E-state index is -1.26. The molecule has 0 unspecified atom stereocenters. The largest absolute Gasteiger partial charge is 0.477 e. The number of amides is 3. The van der Waals surface area contributed by atoms with E-state index in [0.29, 0.717) is 22.6 Å². The fourth-order valence-corrected chi connectivity index (χ4v) is 6.18. The number of primary amides is 1. The zero-order valence-corrected chi connectivity index (χ0v) is 22.4. The normalized spacial score (nSPS) is 18.7. The number of rotatable bonds is 9. The molecule has 7 N–H and O–H groups in total. The second-order valence-corrected chi connectivity index (χ2v) is 10.6. The number of nitrogens with one attached hydrogen (secondary N) is 2. The van der Waals surface area contributed by atoms with Gasteiger partial charge in [-0.15, -0.1) is 23.1 Å². The Kier molecular flexibility index (Phi) is 7.22. The van der Waals surface area contributed by atoms with Crippen molar-refractivity contribution in [2.75, 3.05) is 18.6 Å². The Balaban J connectivity index is 1.34. The molecule has 3 aromatic heterocycles. The summed E-state index contributed by atoms with van der Waals surface area (Å²) in [6.45, 7) is 0.180. The number of fused-ring (bicyclic) bond motifs is 1. The molecule has 3 aromatic rings. The van der Waals surface area contributed by atoms with Crippen molar-refractivity contribution in [2.24, 2.45) is 10.9 Å². The number of aromatic nitrogens is 4. The number of carboxylic acids is 1. The third-order valence-corrected chi connectivity index (χ3v) is 8.08. The molecule has 15 nitrogen and oxygen atoms in total. The highest BCUT2D eigenvalue weighted by molar-refractivity contribution is 8.00. The minimum Gasteiger partial charge on any atom is -0.477 e. The number of hydrogen-bond donors (Lipinski definition) is 5. The molecule has 0 radical (unpaired) electrons. The van der Waals surface area contributed by atoms with E-state index < -0.39 is 35.1 Å². The van der Waals surface area contributed by atoms with Crippen molar-refractivity contribution < 1.29 is 33.7 Å². The van der Waals surface area contributed by atoms with Gasteiger partial charge in [0, 0.05) is 22.8 Å². The van der Waals surface area contributed by atoms with E-state index in [1.54, 1.807) is 29.1 Å². The summed E-state index contributed by atoms with van der Waals surface area (Å²) in [6.07, 6.45) is 3.49. The number of anilines is 1. The van der Waals surface area contributed by atoms with Gasteiger partial charge in [-0.1, -0.05) is 5.16 Å². The number of nitrogen functional groups attached to an aromatic ring is 1. The van der Waals surface area contributed by atoms with Crippen LogP contribution in [0.3, 0.4) is 0 Å². The summed E-state index contributed by atoms with van der Waals surface area (Å²) in [5.74, 6) is -2.87. The van der Waals surface area contributed by atoms with Crippen molar-refractivity contribution in [1.82, 2.24) is 25.4 Å². The van der Waals surface area contributed by atoms with Gasteiger partial charge in [-0.3, -0.25) is 24.4 Å². The number of carbonyl (C=O) groups is 4. The fraction of sp³-hybridized carbons (Fsp3) is 0.217. The number of aliphatic carboxylic acids is 1. The second-order valence-electron chi connectivity index (χ2n) is 8.61. The summed E-state index contributed by atoms with van der Waals surface area (Å²) in [5.41, 5.74) is 12.7. The van der Waals surface area contributed by atoms with Crippen molar-refractivity contribution in [3.8, 4) is 11.3 Å². The molecule has 1 fully saturated rings. The lowest BCUT2D eigenvalue weighted by molar-refractivity contribution is -0.688. The van der Waals surface area contributed by atoms with Crippen LogP contribution in [0.4, 0.5) is 5.13 Å². The van der Waals surface area contributed by atoms with Crippen LogP contribution in [0.25, 0.3) is 11.3 Å². The lowest BCUT2D eigenvalue weighted by Crippen LogP contribution is -2.71. The number of carbonyl (C=O) groups excluding carboxylic acids is 3. The summed E-state index contributed by atoms with van der Waals surface area (Å²) in [7, 11) is 1.27. The van der Waals surface area contributed by atoms with E-state index in [0.717, 1.165) is 11.3 Å². The molecule has 40 heavy (non-hydrogen) atoms. The Morgan fingerprint density at radius 3 is 2.85 bits per heavy atom. The van der Waals surface area contributed by atoms with Crippen LogP contribution < -0.4 is 21.4 Å². The van der Waals surface area contributed by atoms with E-state index in [4.69, 9.17) is 16.3 Å². The van der Waals surface area contributed by atoms with Crippen molar-refractivity contribution in [3.05, 3.63) is 58.6 Å². The molecule has 0 bridgehead atoms. The molecule has 5 rings (SSSR count). The lowest BCUT2D eigenvalue weighted by Gasteiger charge is -2.49. The average Bonchev–Trinajstić information content (AvgIpc) is 3.60. The van der Waals surface area contributed by atoms with Crippen molar-refractivity contribution in [3.63, 3.8) is 0 Å². The van der Waals surface area contributed by atoms with Gasteiger partial charge in [0.25, 0.3) is 17.7 Å². The Bertz CT molecular complexity index is 1600. The van der Waals surface area contributed by atoms with Crippen LogP contribution in [-0.2, 0) is 25.8 Å². The van der Waals surface area contributed by atoms with Gasteiger partial charge in [0.1, 0.15) is 35.6 Å². The molecule has 2 aliphatic heterocycles. The number of pyridine rings is 1. The summed E-state index contributed by atoms with van der Waals surface area (Å²) >= 11 is 2.44. The van der Waals surface area contributed by atoms with Crippen LogP contribution in [-0.4, -0.2) is 78.9 Å². The number of nitrogens with zero attached hydrogens (tertiary/aromatic N) is 5. The number of thioether (sulfide) groups is 1. The number of H-pyrrole nitrogens is 1. The highest BCUT2D eigenvalue weighted by atomic mass is 32.2. The molecule has 1 saturated heterocycles. The van der Waals surface area contributed by atoms with E-state index in [-0.39, 0.29) is 34.5 Å². The summed E-state index contributed by atoms with van der Waals surface area (Å²) in [4.78, 5) is 59.7. The van der Waals surface area contributed by atoms with Gasteiger partial charge in [-0.25, -0.2) is 14.3 Å². The molecule has 206 valence electrons. The van der Waals surface area contributed by atoms with E-state index >= 15 is 0 Å². The van der Waals surface area contributed by atoms with Gasteiger partial charge in [-0.2, -0.15) is 5.10 Å². The van der Waals surface area contributed by atoms with Crippen LogP contribution in [0, 0.1) is 0 Å². The first kappa shape index (κ1) is 26.8. The molecule has 0 saturated carbocycles. The number of carboxylic acid groups (broad SMARTS) is 1. The predicted molar refractivity (Wildman–Crippen MR) is 142 cm³/mol. The maximum atomic E-state index is 13.1. The Labute approximate surface area is 233 Å². The van der Waals surface area contributed by atoms with E-state index in [1.807, 2.05) is 0 Å². The van der Waals surface area contributed by atoms with Gasteiger partial charge in [0.05, 0.1) is 11.3 Å². The zero-order valence-electron chi connectivity index (χ0n) is 20.7. The van der Waals surface area contributed by atoms with E-state index in [9.17, 15) is 24.3 Å². The SMILES string of the molecule is CO/N=C(/C(=O)N[C@@H]1C(=O)N2C(C(=O)O)=C(C[n+]3cccc(-c4cc(C(N)=O)[nH]n4)c3)CS[C@H]12)c1csc(N)n1. The molecular formula is C23H22N9O6S2+. The molecule has 0 aliphatic carbocycles. The second kappa shape index (κ2) is 10.8. The maximum absolute atomic E-state index is 13.1. The number of thiazole rings is 1. The monoisotopic (exact) mass is 584 g/mol. The topological polar surface area (TPSA) is 223 Å². The highest BCUT2D eigenvalue weighted by Crippen LogP contribution is 2.40. The molecule has 2 atom stereocenters. The maximum Gasteiger partial charge on any atom is 0.352 e. The predicted octanol–water partition coefficient (Wildman–Crippen LogP) is -0.709. The van der Waals surface area contributed by atoms with Gasteiger partial charge in [-0.05, 0) is 12.1 Å². The molecule has 0 aromatic carbocycles. The van der Waals surface area contributed by atoms with Crippen molar-refractivity contribution in [1.29, 1.82) is 0 Å². The van der Waals surface area contributed by atoms with E-state index in [2.05, 4.69) is 25.7 Å². The summed E-state index contributed by atoms with van der Waals surface area (Å²) in [5, 5.41) is 24.2. The van der Waals surface area contributed by atoms with Crippen LogP contribution in [0.15, 0.2) is 52.4 Å². The minimum absolute atomic E-state index is 0.133. The van der Waals surface area contributed by atoms with Crippen LogP contribution in [0.5, 0.6) is 0 Å². The Morgan fingerprint density at radius 2 is 2.20 bits per heavy atom. The zero-order chi connectivity index (χ0) is 28.6. The first-order chi connectivity index (χ1) is 19.2. The quantitative estimate of drug-likeness (QED) is 0.0919. The van der Waals surface area contributed by atoms with Gasteiger partial charge in [0.2, 0.25) is 0 Å². The summed E-state index contributed by atoms with van der Waals surface area (Å²) in [6, 6.07) is 4.08. The fourth-order valence-electron chi connectivity index (χ4n) is 4.29. The molecular weight excluding hydrogens is 562 g/mol. The smallest absolute Gasteiger partial charge is 0.352 e. The highest BCUT2D eigenvalue weighted by Gasteiger charge is 2.54.